The Morgan fingerprint density at radius 3 is 2.62 bits per heavy atom. The topological polar surface area (TPSA) is 60.0 Å². The van der Waals surface area contributed by atoms with Crippen molar-refractivity contribution in [3.8, 4) is 0 Å². The number of carbonyl (C=O) groups excluding carboxylic acids is 1. The van der Waals surface area contributed by atoms with E-state index in [1.807, 2.05) is 17.0 Å². The molecule has 1 aliphatic heterocycles. The van der Waals surface area contributed by atoms with Gasteiger partial charge in [0, 0.05) is 51.4 Å². The van der Waals surface area contributed by atoms with Gasteiger partial charge in [-0.1, -0.05) is 19.1 Å². The number of aliphatic imine (C=N–C) groups is 1. The minimum absolute atomic E-state index is 0.229. The molecule has 0 unspecified atom stereocenters. The quantitative estimate of drug-likeness (QED) is 0.552. The summed E-state index contributed by atoms with van der Waals surface area (Å²) in [6.45, 7) is 6.85. The largest absolute Gasteiger partial charge is 0.355 e. The molecule has 6 nitrogen and oxygen atoms in total. The highest BCUT2D eigenvalue weighted by Gasteiger charge is 2.27. The van der Waals surface area contributed by atoms with Gasteiger partial charge in [0.2, 0.25) is 5.91 Å². The van der Waals surface area contributed by atoms with E-state index in [-0.39, 0.29) is 5.91 Å². The molecule has 1 aromatic carbocycles. The lowest BCUT2D eigenvalue weighted by Gasteiger charge is -2.21. The minimum atomic E-state index is 0.229. The summed E-state index contributed by atoms with van der Waals surface area (Å²) >= 11 is 0. The van der Waals surface area contributed by atoms with Gasteiger partial charge in [0.25, 0.3) is 0 Å². The summed E-state index contributed by atoms with van der Waals surface area (Å²) < 4.78 is 0. The zero-order valence-electron chi connectivity index (χ0n) is 16.0. The molecule has 0 aromatic heterocycles. The highest BCUT2D eigenvalue weighted by atomic mass is 16.2. The molecule has 1 saturated heterocycles. The summed E-state index contributed by atoms with van der Waals surface area (Å²) in [5.74, 6) is 1.06. The van der Waals surface area contributed by atoms with Crippen LogP contribution in [0.25, 0.3) is 0 Å². The minimum Gasteiger partial charge on any atom is -0.355 e. The first kappa shape index (κ1) is 18.7. The molecule has 2 N–H and O–H groups in total. The maximum atomic E-state index is 11.8. The van der Waals surface area contributed by atoms with Crippen LogP contribution in [0.5, 0.6) is 0 Å². The van der Waals surface area contributed by atoms with Crippen molar-refractivity contribution in [2.24, 2.45) is 4.99 Å². The van der Waals surface area contributed by atoms with Crippen LogP contribution in [0.3, 0.4) is 0 Å². The Balaban J connectivity index is 1.42. The van der Waals surface area contributed by atoms with Crippen molar-refractivity contribution in [1.29, 1.82) is 0 Å². The van der Waals surface area contributed by atoms with Crippen LogP contribution in [0.2, 0.25) is 0 Å². The zero-order chi connectivity index (χ0) is 18.4. The van der Waals surface area contributed by atoms with Crippen molar-refractivity contribution < 1.29 is 4.79 Å². The Morgan fingerprint density at radius 1 is 1.27 bits per heavy atom. The molecule has 26 heavy (non-hydrogen) atoms. The molecule has 1 aliphatic carbocycles. The van der Waals surface area contributed by atoms with E-state index < -0.39 is 0 Å². The molecule has 1 saturated carbocycles. The highest BCUT2D eigenvalue weighted by molar-refractivity contribution is 5.95. The van der Waals surface area contributed by atoms with E-state index in [1.54, 1.807) is 7.05 Å². The molecule has 0 bridgehead atoms. The van der Waals surface area contributed by atoms with Gasteiger partial charge in [-0.3, -0.25) is 14.7 Å². The predicted molar refractivity (Wildman–Crippen MR) is 106 cm³/mol. The second-order valence-electron chi connectivity index (χ2n) is 7.03. The van der Waals surface area contributed by atoms with Gasteiger partial charge in [-0.05, 0) is 43.5 Å². The van der Waals surface area contributed by atoms with E-state index in [9.17, 15) is 4.79 Å². The lowest BCUT2D eigenvalue weighted by molar-refractivity contribution is -0.117. The van der Waals surface area contributed by atoms with Crippen molar-refractivity contribution in [3.63, 3.8) is 0 Å². The number of nitrogens with zero attached hydrogens (tertiary/aromatic N) is 3. The Morgan fingerprint density at radius 2 is 2.04 bits per heavy atom. The Kier molecular flexibility index (Phi) is 6.50. The van der Waals surface area contributed by atoms with E-state index in [2.05, 4.69) is 39.6 Å². The van der Waals surface area contributed by atoms with Gasteiger partial charge in [0.05, 0.1) is 0 Å². The Bertz CT molecular complexity index is 624. The van der Waals surface area contributed by atoms with Gasteiger partial charge in [-0.2, -0.15) is 0 Å². The number of amides is 1. The van der Waals surface area contributed by atoms with Crippen LogP contribution in [-0.4, -0.2) is 56.0 Å². The monoisotopic (exact) mass is 357 g/mol. The molecule has 6 heteroatoms. The third-order valence-electron chi connectivity index (χ3n) is 5.17. The first-order chi connectivity index (χ1) is 12.7. The maximum absolute atomic E-state index is 11.8. The molecule has 0 spiro atoms. The summed E-state index contributed by atoms with van der Waals surface area (Å²) in [6.07, 6.45) is 4.32. The molecular weight excluding hydrogens is 326 g/mol. The molecule has 0 radical (unpaired) electrons. The summed E-state index contributed by atoms with van der Waals surface area (Å²) in [7, 11) is 1.80. The fourth-order valence-electron chi connectivity index (χ4n) is 3.48. The van der Waals surface area contributed by atoms with Crippen LogP contribution in [0.1, 0.15) is 38.2 Å². The van der Waals surface area contributed by atoms with E-state index in [0.717, 1.165) is 50.3 Å². The number of likely N-dealkylation sites (N-methyl/N-ethyl adjacent to an activating group) is 1. The van der Waals surface area contributed by atoms with Crippen LogP contribution in [0.15, 0.2) is 29.3 Å². The summed E-state index contributed by atoms with van der Waals surface area (Å²) in [5, 5.41) is 6.75. The van der Waals surface area contributed by atoms with E-state index in [1.165, 1.54) is 18.4 Å². The Hall–Kier alpha value is -2.08. The number of hydrogen-bond acceptors (Lipinski definition) is 3. The normalized spacial score (nSPS) is 17.9. The summed E-state index contributed by atoms with van der Waals surface area (Å²) in [6, 6.07) is 9.02. The van der Waals surface area contributed by atoms with E-state index >= 15 is 0 Å². The van der Waals surface area contributed by atoms with Crippen LogP contribution < -0.4 is 15.5 Å². The van der Waals surface area contributed by atoms with Gasteiger partial charge in [-0.25, -0.2) is 0 Å². The van der Waals surface area contributed by atoms with E-state index in [4.69, 9.17) is 0 Å². The van der Waals surface area contributed by atoms with Crippen molar-refractivity contribution in [1.82, 2.24) is 15.5 Å². The average molecular weight is 358 g/mol. The number of carbonyl (C=O) groups is 1. The molecule has 142 valence electrons. The van der Waals surface area contributed by atoms with Gasteiger partial charge < -0.3 is 15.5 Å². The molecular formula is C20H31N5O. The smallest absolute Gasteiger partial charge is 0.227 e. The number of hydrogen-bond donors (Lipinski definition) is 2. The Labute approximate surface area is 156 Å². The van der Waals surface area contributed by atoms with Crippen molar-refractivity contribution in [2.75, 3.05) is 38.1 Å². The van der Waals surface area contributed by atoms with Crippen LogP contribution >= 0.6 is 0 Å². The molecule has 2 fully saturated rings. The van der Waals surface area contributed by atoms with Gasteiger partial charge in [0.15, 0.2) is 5.96 Å². The van der Waals surface area contributed by atoms with E-state index in [0.29, 0.717) is 13.0 Å². The SMILES string of the molecule is CCN(CCNC(=NC)NCc1ccc(N2CCCC2=O)cc1)C1CC1. The van der Waals surface area contributed by atoms with Crippen LogP contribution in [-0.2, 0) is 11.3 Å². The van der Waals surface area contributed by atoms with Crippen LogP contribution in [0, 0.1) is 0 Å². The standard InChI is InChI=1S/C20H31N5O/c1-3-24(17-10-11-17)14-12-22-20(21-2)23-15-16-6-8-18(9-7-16)25-13-4-5-19(25)26/h6-9,17H,3-5,10-15H2,1-2H3,(H2,21,22,23). The number of nitrogens with one attached hydrogen (secondary N) is 2. The number of guanidine groups is 1. The fraction of sp³-hybridized carbons (Fsp3) is 0.600. The molecule has 1 amide bonds. The average Bonchev–Trinajstić information content (AvgIpc) is 3.42. The molecule has 1 aromatic rings. The third kappa shape index (κ3) is 4.97. The first-order valence-corrected chi connectivity index (χ1v) is 9.79. The number of benzene rings is 1. The third-order valence-corrected chi connectivity index (χ3v) is 5.17. The lowest BCUT2D eigenvalue weighted by Crippen LogP contribution is -2.41. The molecule has 3 rings (SSSR count). The summed E-state index contributed by atoms with van der Waals surface area (Å²) in [4.78, 5) is 20.5. The zero-order valence-corrected chi connectivity index (χ0v) is 16.0. The lowest BCUT2D eigenvalue weighted by atomic mass is 10.2. The second kappa shape index (κ2) is 9.03. The first-order valence-electron chi connectivity index (χ1n) is 9.79. The number of anilines is 1. The van der Waals surface area contributed by atoms with Gasteiger partial charge in [-0.15, -0.1) is 0 Å². The van der Waals surface area contributed by atoms with Crippen LogP contribution in [0.4, 0.5) is 5.69 Å². The number of rotatable bonds is 8. The molecule has 1 heterocycles. The predicted octanol–water partition coefficient (Wildman–Crippen LogP) is 1.96. The molecule has 2 aliphatic rings. The maximum Gasteiger partial charge on any atom is 0.227 e. The van der Waals surface area contributed by atoms with Crippen molar-refractivity contribution in [3.05, 3.63) is 29.8 Å². The van der Waals surface area contributed by atoms with Gasteiger partial charge in [0.1, 0.15) is 0 Å². The fourth-order valence-corrected chi connectivity index (χ4v) is 3.48. The van der Waals surface area contributed by atoms with Crippen molar-refractivity contribution in [2.45, 2.75) is 45.2 Å². The molecule has 0 atom stereocenters. The van der Waals surface area contributed by atoms with Gasteiger partial charge >= 0.3 is 0 Å². The highest BCUT2D eigenvalue weighted by Crippen LogP contribution is 2.25. The van der Waals surface area contributed by atoms with Crippen molar-refractivity contribution >= 4 is 17.6 Å². The summed E-state index contributed by atoms with van der Waals surface area (Å²) in [5.41, 5.74) is 2.18. The second-order valence-corrected chi connectivity index (χ2v) is 7.03.